The molecular formula is C17H23N3. The normalized spacial score (nSPS) is 12.7. The SMILES string of the molecule is Cc1ccc(C)c(C(CN)N(C)Cc2cccnc2)c1. The zero-order valence-corrected chi connectivity index (χ0v) is 12.5. The van der Waals surface area contributed by atoms with Crippen LogP contribution in [0.15, 0.2) is 42.7 Å². The van der Waals surface area contributed by atoms with Crippen LogP contribution in [0.5, 0.6) is 0 Å². The van der Waals surface area contributed by atoms with Gasteiger partial charge in [0.25, 0.3) is 0 Å². The summed E-state index contributed by atoms with van der Waals surface area (Å²) in [5, 5.41) is 0. The minimum Gasteiger partial charge on any atom is -0.329 e. The maximum atomic E-state index is 6.02. The summed E-state index contributed by atoms with van der Waals surface area (Å²) < 4.78 is 0. The van der Waals surface area contributed by atoms with Gasteiger partial charge in [0.2, 0.25) is 0 Å². The summed E-state index contributed by atoms with van der Waals surface area (Å²) in [6.45, 7) is 5.73. The van der Waals surface area contributed by atoms with E-state index in [9.17, 15) is 0 Å². The molecule has 0 radical (unpaired) electrons. The highest BCUT2D eigenvalue weighted by atomic mass is 15.1. The number of aromatic nitrogens is 1. The monoisotopic (exact) mass is 269 g/mol. The maximum absolute atomic E-state index is 6.02. The van der Waals surface area contributed by atoms with Gasteiger partial charge in [-0.3, -0.25) is 9.88 Å². The number of likely N-dealkylation sites (N-methyl/N-ethyl adjacent to an activating group) is 1. The molecule has 1 aromatic heterocycles. The van der Waals surface area contributed by atoms with Crippen molar-refractivity contribution in [1.29, 1.82) is 0 Å². The number of benzene rings is 1. The Hall–Kier alpha value is -1.71. The van der Waals surface area contributed by atoms with Crippen LogP contribution >= 0.6 is 0 Å². The highest BCUT2D eigenvalue weighted by Gasteiger charge is 2.17. The molecule has 1 aromatic carbocycles. The fraction of sp³-hybridized carbons (Fsp3) is 0.353. The first-order valence-corrected chi connectivity index (χ1v) is 6.98. The number of rotatable bonds is 5. The molecule has 0 saturated carbocycles. The number of hydrogen-bond acceptors (Lipinski definition) is 3. The van der Waals surface area contributed by atoms with Gasteiger partial charge in [-0.1, -0.05) is 29.8 Å². The summed E-state index contributed by atoms with van der Waals surface area (Å²) in [5.74, 6) is 0. The van der Waals surface area contributed by atoms with Gasteiger partial charge in [-0.25, -0.2) is 0 Å². The van der Waals surface area contributed by atoms with Crippen molar-refractivity contribution in [3.8, 4) is 0 Å². The number of pyridine rings is 1. The van der Waals surface area contributed by atoms with Gasteiger partial charge in [0, 0.05) is 31.5 Å². The summed E-state index contributed by atoms with van der Waals surface area (Å²) in [6, 6.07) is 10.9. The van der Waals surface area contributed by atoms with Crippen molar-refractivity contribution in [3.63, 3.8) is 0 Å². The Bertz CT molecular complexity index is 551. The fourth-order valence-electron chi connectivity index (χ4n) is 2.55. The van der Waals surface area contributed by atoms with Gasteiger partial charge >= 0.3 is 0 Å². The van der Waals surface area contributed by atoms with Gasteiger partial charge in [-0.2, -0.15) is 0 Å². The third-order valence-electron chi connectivity index (χ3n) is 3.70. The lowest BCUT2D eigenvalue weighted by molar-refractivity contribution is 0.241. The van der Waals surface area contributed by atoms with Crippen LogP contribution in [0.25, 0.3) is 0 Å². The Balaban J connectivity index is 2.21. The minimum absolute atomic E-state index is 0.232. The zero-order valence-electron chi connectivity index (χ0n) is 12.5. The number of hydrogen-bond donors (Lipinski definition) is 1. The van der Waals surface area contributed by atoms with Crippen LogP contribution in [-0.4, -0.2) is 23.5 Å². The molecule has 1 heterocycles. The van der Waals surface area contributed by atoms with E-state index >= 15 is 0 Å². The summed E-state index contributed by atoms with van der Waals surface area (Å²) in [5.41, 5.74) is 11.1. The molecule has 0 fully saturated rings. The van der Waals surface area contributed by atoms with Crippen molar-refractivity contribution in [3.05, 3.63) is 65.0 Å². The molecule has 0 bridgehead atoms. The van der Waals surface area contributed by atoms with E-state index in [1.54, 1.807) is 6.20 Å². The molecule has 1 atom stereocenters. The second-order valence-electron chi connectivity index (χ2n) is 5.39. The molecule has 3 nitrogen and oxygen atoms in total. The summed E-state index contributed by atoms with van der Waals surface area (Å²) in [4.78, 5) is 6.46. The number of aryl methyl sites for hydroxylation is 2. The molecule has 0 aliphatic heterocycles. The molecule has 0 spiro atoms. The minimum atomic E-state index is 0.232. The molecule has 0 aliphatic rings. The van der Waals surface area contributed by atoms with Crippen LogP contribution in [0.1, 0.15) is 28.3 Å². The van der Waals surface area contributed by atoms with Crippen LogP contribution in [0.3, 0.4) is 0 Å². The van der Waals surface area contributed by atoms with E-state index in [-0.39, 0.29) is 6.04 Å². The van der Waals surface area contributed by atoms with E-state index in [4.69, 9.17) is 5.73 Å². The molecule has 0 aliphatic carbocycles. The maximum Gasteiger partial charge on any atom is 0.0473 e. The third kappa shape index (κ3) is 3.44. The van der Waals surface area contributed by atoms with Gasteiger partial charge < -0.3 is 5.73 Å². The third-order valence-corrected chi connectivity index (χ3v) is 3.70. The van der Waals surface area contributed by atoms with Crippen molar-refractivity contribution in [2.75, 3.05) is 13.6 Å². The molecule has 20 heavy (non-hydrogen) atoms. The molecule has 3 heteroatoms. The molecule has 2 N–H and O–H groups in total. The van der Waals surface area contributed by atoms with Gasteiger partial charge in [0.1, 0.15) is 0 Å². The Morgan fingerprint density at radius 2 is 2.05 bits per heavy atom. The average Bonchev–Trinajstić information content (AvgIpc) is 2.44. The highest BCUT2D eigenvalue weighted by molar-refractivity contribution is 5.33. The molecule has 0 saturated heterocycles. The van der Waals surface area contributed by atoms with E-state index < -0.39 is 0 Å². The van der Waals surface area contributed by atoms with E-state index in [2.05, 4.69) is 55.0 Å². The Kier molecular flexibility index (Phi) is 4.88. The molecule has 2 aromatic rings. The van der Waals surface area contributed by atoms with Crippen LogP contribution in [0.2, 0.25) is 0 Å². The van der Waals surface area contributed by atoms with Crippen LogP contribution in [0, 0.1) is 13.8 Å². The lowest BCUT2D eigenvalue weighted by Gasteiger charge is -2.29. The standard InChI is InChI=1S/C17H23N3/c1-13-6-7-14(2)16(9-13)17(10-18)20(3)12-15-5-4-8-19-11-15/h4-9,11,17H,10,12,18H2,1-3H3. The van der Waals surface area contributed by atoms with E-state index in [1.165, 1.54) is 22.3 Å². The van der Waals surface area contributed by atoms with Crippen molar-refractivity contribution in [2.45, 2.75) is 26.4 Å². The molecule has 106 valence electrons. The lowest BCUT2D eigenvalue weighted by atomic mass is 9.97. The highest BCUT2D eigenvalue weighted by Crippen LogP contribution is 2.24. The largest absolute Gasteiger partial charge is 0.329 e. The van der Waals surface area contributed by atoms with Crippen LogP contribution in [-0.2, 0) is 6.54 Å². The van der Waals surface area contributed by atoms with Crippen LogP contribution < -0.4 is 5.73 Å². The van der Waals surface area contributed by atoms with Crippen molar-refractivity contribution in [1.82, 2.24) is 9.88 Å². The summed E-state index contributed by atoms with van der Waals surface area (Å²) in [6.07, 6.45) is 3.71. The van der Waals surface area contributed by atoms with E-state index in [1.807, 2.05) is 12.3 Å². The smallest absolute Gasteiger partial charge is 0.0473 e. The summed E-state index contributed by atoms with van der Waals surface area (Å²) in [7, 11) is 2.12. The lowest BCUT2D eigenvalue weighted by Crippen LogP contribution is -2.30. The van der Waals surface area contributed by atoms with E-state index in [0.29, 0.717) is 6.54 Å². The average molecular weight is 269 g/mol. The molecule has 0 amide bonds. The number of nitrogens with zero attached hydrogens (tertiary/aromatic N) is 2. The quantitative estimate of drug-likeness (QED) is 0.907. The molecular weight excluding hydrogens is 246 g/mol. The molecule has 2 rings (SSSR count). The predicted octanol–water partition coefficient (Wildman–Crippen LogP) is 2.83. The first-order chi connectivity index (χ1) is 9.61. The summed E-state index contributed by atoms with van der Waals surface area (Å²) >= 11 is 0. The van der Waals surface area contributed by atoms with Crippen molar-refractivity contribution < 1.29 is 0 Å². The molecule has 1 unspecified atom stereocenters. The Labute approximate surface area is 121 Å². The predicted molar refractivity (Wildman–Crippen MR) is 83.4 cm³/mol. The fourth-order valence-corrected chi connectivity index (χ4v) is 2.55. The second kappa shape index (κ2) is 6.64. The Morgan fingerprint density at radius 1 is 1.25 bits per heavy atom. The topological polar surface area (TPSA) is 42.1 Å². The second-order valence-corrected chi connectivity index (χ2v) is 5.39. The van der Waals surface area contributed by atoms with E-state index in [0.717, 1.165) is 6.54 Å². The van der Waals surface area contributed by atoms with Crippen LogP contribution in [0.4, 0.5) is 0 Å². The van der Waals surface area contributed by atoms with Gasteiger partial charge in [-0.05, 0) is 43.7 Å². The van der Waals surface area contributed by atoms with Crippen molar-refractivity contribution >= 4 is 0 Å². The Morgan fingerprint density at radius 3 is 2.70 bits per heavy atom. The van der Waals surface area contributed by atoms with Gasteiger partial charge in [0.05, 0.1) is 0 Å². The van der Waals surface area contributed by atoms with Gasteiger partial charge in [0.15, 0.2) is 0 Å². The first kappa shape index (κ1) is 14.7. The number of nitrogens with two attached hydrogens (primary N) is 1. The first-order valence-electron chi connectivity index (χ1n) is 6.98. The van der Waals surface area contributed by atoms with Gasteiger partial charge in [-0.15, -0.1) is 0 Å². The van der Waals surface area contributed by atoms with Crippen molar-refractivity contribution in [2.24, 2.45) is 5.73 Å². The zero-order chi connectivity index (χ0) is 14.5.